The molecule has 1 fully saturated rings. The molecule has 0 aliphatic carbocycles. The number of imide groups is 1. The highest BCUT2D eigenvalue weighted by Crippen LogP contribution is 2.26. The van der Waals surface area contributed by atoms with Crippen molar-refractivity contribution in [3.05, 3.63) is 29.3 Å². The number of carbonyl (C=O) groups is 3. The molecule has 24 heavy (non-hydrogen) atoms. The van der Waals surface area contributed by atoms with Crippen molar-refractivity contribution < 1.29 is 19.1 Å². The van der Waals surface area contributed by atoms with Crippen LogP contribution in [0.2, 0.25) is 0 Å². The number of hydrogen-bond acceptors (Lipinski definition) is 4. The van der Waals surface area contributed by atoms with Crippen LogP contribution < -0.4 is 10.1 Å². The Kier molecular flexibility index (Phi) is 5.95. The van der Waals surface area contributed by atoms with Crippen molar-refractivity contribution in [3.63, 3.8) is 0 Å². The number of nitrogens with zero attached hydrogens (tertiary/aromatic N) is 1. The van der Waals surface area contributed by atoms with Crippen LogP contribution in [0.5, 0.6) is 5.75 Å². The third-order valence-corrected chi connectivity index (χ3v) is 4.17. The van der Waals surface area contributed by atoms with E-state index in [2.05, 4.69) is 5.32 Å². The summed E-state index contributed by atoms with van der Waals surface area (Å²) in [6.45, 7) is 4.21. The zero-order chi connectivity index (χ0) is 17.7. The molecule has 3 amide bonds. The number of benzene rings is 1. The summed E-state index contributed by atoms with van der Waals surface area (Å²) in [7, 11) is 1.60. The Morgan fingerprint density at radius 3 is 2.58 bits per heavy atom. The van der Waals surface area contributed by atoms with Gasteiger partial charge in [-0.05, 0) is 26.3 Å². The van der Waals surface area contributed by atoms with Gasteiger partial charge in [-0.2, -0.15) is 0 Å². The lowest BCUT2D eigenvalue weighted by molar-refractivity contribution is -0.138. The number of rotatable bonds is 7. The topological polar surface area (TPSA) is 75.7 Å². The Bertz CT molecular complexity index is 626. The van der Waals surface area contributed by atoms with Crippen molar-refractivity contribution in [1.29, 1.82) is 0 Å². The molecule has 1 unspecified atom stereocenters. The minimum atomic E-state index is -0.178. The SMILES string of the molecule is COc1ccc(C)cc1C(C)NC(=O)CCCN1C(=O)CCC1=O. The van der Waals surface area contributed by atoms with Crippen molar-refractivity contribution >= 4 is 17.7 Å². The average molecular weight is 332 g/mol. The fraction of sp³-hybridized carbons (Fsp3) is 0.500. The van der Waals surface area contributed by atoms with Gasteiger partial charge in [0, 0.05) is 31.4 Å². The van der Waals surface area contributed by atoms with E-state index in [9.17, 15) is 14.4 Å². The Labute approximate surface area is 142 Å². The van der Waals surface area contributed by atoms with Crippen LogP contribution >= 0.6 is 0 Å². The van der Waals surface area contributed by atoms with Crippen LogP contribution in [0.4, 0.5) is 0 Å². The molecule has 1 aliphatic rings. The normalized spacial score (nSPS) is 15.5. The van der Waals surface area contributed by atoms with E-state index in [1.54, 1.807) is 7.11 Å². The quantitative estimate of drug-likeness (QED) is 0.776. The lowest BCUT2D eigenvalue weighted by Crippen LogP contribution is -2.32. The van der Waals surface area contributed by atoms with Crippen molar-refractivity contribution in [1.82, 2.24) is 10.2 Å². The van der Waals surface area contributed by atoms with Gasteiger partial charge in [0.2, 0.25) is 17.7 Å². The predicted molar refractivity (Wildman–Crippen MR) is 89.5 cm³/mol. The lowest BCUT2D eigenvalue weighted by Gasteiger charge is -2.18. The summed E-state index contributed by atoms with van der Waals surface area (Å²) in [6.07, 6.45) is 1.32. The molecule has 1 aromatic rings. The third-order valence-electron chi connectivity index (χ3n) is 4.17. The van der Waals surface area contributed by atoms with Crippen LogP contribution in [0.3, 0.4) is 0 Å². The van der Waals surface area contributed by atoms with Gasteiger partial charge < -0.3 is 10.1 Å². The fourth-order valence-electron chi connectivity index (χ4n) is 2.85. The first kappa shape index (κ1) is 18.0. The third kappa shape index (κ3) is 4.34. The molecule has 1 aromatic carbocycles. The summed E-state index contributed by atoms with van der Waals surface area (Å²) in [6, 6.07) is 5.66. The standard InChI is InChI=1S/C18H24N2O4/c1-12-6-7-15(24-3)14(11-12)13(2)19-16(21)5-4-10-20-17(22)8-9-18(20)23/h6-7,11,13H,4-5,8-10H2,1-3H3,(H,19,21). The van der Waals surface area contributed by atoms with Gasteiger partial charge in [0.15, 0.2) is 0 Å². The van der Waals surface area contributed by atoms with E-state index in [-0.39, 0.29) is 43.0 Å². The molecule has 2 rings (SSSR count). The Morgan fingerprint density at radius 1 is 1.29 bits per heavy atom. The minimum absolute atomic E-state index is 0.106. The Balaban J connectivity index is 1.85. The molecule has 1 atom stereocenters. The molecule has 1 heterocycles. The summed E-state index contributed by atoms with van der Waals surface area (Å²) in [5, 5.41) is 2.94. The summed E-state index contributed by atoms with van der Waals surface area (Å²) in [4.78, 5) is 36.4. The van der Waals surface area contributed by atoms with Gasteiger partial charge in [-0.15, -0.1) is 0 Å². The zero-order valence-electron chi connectivity index (χ0n) is 14.4. The molecule has 0 aromatic heterocycles. The lowest BCUT2D eigenvalue weighted by atomic mass is 10.0. The Morgan fingerprint density at radius 2 is 1.96 bits per heavy atom. The van der Waals surface area contributed by atoms with E-state index >= 15 is 0 Å². The number of amides is 3. The van der Waals surface area contributed by atoms with Crippen LogP contribution in [0.1, 0.15) is 49.8 Å². The second kappa shape index (κ2) is 7.95. The van der Waals surface area contributed by atoms with Crippen LogP contribution in [0, 0.1) is 6.92 Å². The maximum Gasteiger partial charge on any atom is 0.229 e. The number of likely N-dealkylation sites (tertiary alicyclic amines) is 1. The minimum Gasteiger partial charge on any atom is -0.496 e. The van der Waals surface area contributed by atoms with Crippen LogP contribution in [-0.2, 0) is 14.4 Å². The van der Waals surface area contributed by atoms with Gasteiger partial charge in [-0.3, -0.25) is 19.3 Å². The molecule has 1 N–H and O–H groups in total. The molecule has 1 saturated heterocycles. The van der Waals surface area contributed by atoms with Crippen molar-refractivity contribution in [2.24, 2.45) is 0 Å². The molecule has 0 radical (unpaired) electrons. The summed E-state index contributed by atoms with van der Waals surface area (Å²) in [5.41, 5.74) is 2.02. The van der Waals surface area contributed by atoms with Crippen molar-refractivity contribution in [2.45, 2.75) is 45.6 Å². The number of hydrogen-bond donors (Lipinski definition) is 1. The van der Waals surface area contributed by atoms with Crippen LogP contribution in [0.15, 0.2) is 18.2 Å². The van der Waals surface area contributed by atoms with E-state index in [1.807, 2.05) is 32.0 Å². The van der Waals surface area contributed by atoms with E-state index in [0.717, 1.165) is 16.9 Å². The zero-order valence-corrected chi connectivity index (χ0v) is 14.4. The van der Waals surface area contributed by atoms with E-state index in [0.29, 0.717) is 13.0 Å². The van der Waals surface area contributed by atoms with E-state index in [4.69, 9.17) is 4.74 Å². The number of methoxy groups -OCH3 is 1. The van der Waals surface area contributed by atoms with Gasteiger partial charge >= 0.3 is 0 Å². The number of ether oxygens (including phenoxy) is 1. The first-order valence-corrected chi connectivity index (χ1v) is 8.19. The van der Waals surface area contributed by atoms with E-state index in [1.165, 1.54) is 4.90 Å². The highest BCUT2D eigenvalue weighted by molar-refractivity contribution is 6.01. The summed E-state index contributed by atoms with van der Waals surface area (Å²) >= 11 is 0. The van der Waals surface area contributed by atoms with Crippen LogP contribution in [0.25, 0.3) is 0 Å². The summed E-state index contributed by atoms with van der Waals surface area (Å²) < 4.78 is 5.34. The van der Waals surface area contributed by atoms with Gasteiger partial charge in [-0.25, -0.2) is 0 Å². The molecule has 6 nitrogen and oxygen atoms in total. The van der Waals surface area contributed by atoms with Gasteiger partial charge in [-0.1, -0.05) is 17.7 Å². The largest absolute Gasteiger partial charge is 0.496 e. The number of aryl methyl sites for hydroxylation is 1. The van der Waals surface area contributed by atoms with Gasteiger partial charge in [0.1, 0.15) is 5.75 Å². The van der Waals surface area contributed by atoms with Gasteiger partial charge in [0.25, 0.3) is 0 Å². The molecule has 130 valence electrons. The number of nitrogens with one attached hydrogen (secondary N) is 1. The molecule has 0 spiro atoms. The molecule has 0 saturated carbocycles. The van der Waals surface area contributed by atoms with Crippen molar-refractivity contribution in [2.75, 3.05) is 13.7 Å². The highest BCUT2D eigenvalue weighted by Gasteiger charge is 2.28. The molecule has 1 aliphatic heterocycles. The monoisotopic (exact) mass is 332 g/mol. The smallest absolute Gasteiger partial charge is 0.229 e. The molecular formula is C18H24N2O4. The van der Waals surface area contributed by atoms with Crippen LogP contribution in [-0.4, -0.2) is 36.3 Å². The first-order chi connectivity index (χ1) is 11.4. The average Bonchev–Trinajstić information content (AvgIpc) is 2.86. The predicted octanol–water partition coefficient (Wildman–Crippen LogP) is 2.11. The number of carbonyl (C=O) groups excluding carboxylic acids is 3. The molecule has 0 bridgehead atoms. The Hall–Kier alpha value is -2.37. The molecule has 6 heteroatoms. The van der Waals surface area contributed by atoms with E-state index < -0.39 is 0 Å². The van der Waals surface area contributed by atoms with Gasteiger partial charge in [0.05, 0.1) is 13.2 Å². The maximum absolute atomic E-state index is 12.1. The second-order valence-corrected chi connectivity index (χ2v) is 6.08. The fourth-order valence-corrected chi connectivity index (χ4v) is 2.85. The first-order valence-electron chi connectivity index (χ1n) is 8.19. The van der Waals surface area contributed by atoms with Crippen molar-refractivity contribution in [3.8, 4) is 5.75 Å². The maximum atomic E-state index is 12.1. The highest BCUT2D eigenvalue weighted by atomic mass is 16.5. The summed E-state index contributed by atoms with van der Waals surface area (Å²) in [5.74, 6) is 0.350. The second-order valence-electron chi connectivity index (χ2n) is 6.08. The molecular weight excluding hydrogens is 308 g/mol.